The molecule has 0 amide bonds. The number of rotatable bonds is 4. The maximum Gasteiger partial charge on any atom is 0.265 e. The Bertz CT molecular complexity index is 1150. The normalized spacial score (nSPS) is 12.2. The van der Waals surface area contributed by atoms with Crippen LogP contribution < -0.4 is 5.56 Å². The number of aryl methyl sites for hydroxylation is 1. The van der Waals surface area contributed by atoms with Gasteiger partial charge in [0.25, 0.3) is 5.56 Å². The zero-order valence-corrected chi connectivity index (χ0v) is 15.0. The van der Waals surface area contributed by atoms with Gasteiger partial charge in [-0.15, -0.1) is 0 Å². The first-order valence-corrected chi connectivity index (χ1v) is 8.95. The Hall–Kier alpha value is -3.24. The van der Waals surface area contributed by atoms with Crippen LogP contribution in [0.1, 0.15) is 23.1 Å². The van der Waals surface area contributed by atoms with Crippen molar-refractivity contribution in [1.82, 2.24) is 9.55 Å². The van der Waals surface area contributed by atoms with Gasteiger partial charge in [-0.05, 0) is 36.2 Å². The Balaban J connectivity index is 1.92. The van der Waals surface area contributed by atoms with Crippen LogP contribution >= 0.6 is 0 Å². The Morgan fingerprint density at radius 3 is 2.37 bits per heavy atom. The highest BCUT2D eigenvalue weighted by Crippen LogP contribution is 2.21. The van der Waals surface area contributed by atoms with Gasteiger partial charge in [-0.1, -0.05) is 60.7 Å². The zero-order chi connectivity index (χ0) is 18.8. The molecule has 0 saturated heterocycles. The second-order valence-corrected chi connectivity index (χ2v) is 6.60. The molecule has 134 valence electrons. The standard InChI is InChI=1S/C23H20N2O2/c1-16-9-5-8-14-20(16)25-22(15-21(26)17-10-3-2-4-11-17)24-19-13-7-6-12-18(19)23(25)27/h2-14,21,26H,15H2,1H3. The molecular weight excluding hydrogens is 336 g/mol. The fraction of sp³-hybridized carbons (Fsp3) is 0.130. The molecule has 4 nitrogen and oxygen atoms in total. The molecule has 0 bridgehead atoms. The van der Waals surface area contributed by atoms with Crippen molar-refractivity contribution in [2.24, 2.45) is 0 Å². The third-order valence-electron chi connectivity index (χ3n) is 4.76. The molecule has 1 unspecified atom stereocenters. The summed E-state index contributed by atoms with van der Waals surface area (Å²) in [6, 6.07) is 24.5. The highest BCUT2D eigenvalue weighted by atomic mass is 16.3. The Morgan fingerprint density at radius 1 is 0.926 bits per heavy atom. The number of hydrogen-bond donors (Lipinski definition) is 1. The average molecular weight is 356 g/mol. The van der Waals surface area contributed by atoms with Crippen molar-refractivity contribution in [3.05, 3.63) is 106 Å². The van der Waals surface area contributed by atoms with Gasteiger partial charge in [0, 0.05) is 6.42 Å². The van der Waals surface area contributed by atoms with E-state index in [2.05, 4.69) is 0 Å². The van der Waals surface area contributed by atoms with E-state index in [1.54, 1.807) is 10.6 Å². The topological polar surface area (TPSA) is 55.1 Å². The number of aliphatic hydroxyl groups is 1. The molecule has 0 aliphatic carbocycles. The molecule has 1 atom stereocenters. The first-order valence-electron chi connectivity index (χ1n) is 8.95. The summed E-state index contributed by atoms with van der Waals surface area (Å²) in [6.07, 6.45) is -0.493. The molecule has 0 aliphatic rings. The molecule has 1 N–H and O–H groups in total. The lowest BCUT2D eigenvalue weighted by Gasteiger charge is -2.18. The molecule has 1 aromatic heterocycles. The first-order chi connectivity index (χ1) is 13.1. The van der Waals surface area contributed by atoms with Gasteiger partial charge < -0.3 is 5.11 Å². The number of hydrogen-bond acceptors (Lipinski definition) is 3. The maximum atomic E-state index is 13.3. The van der Waals surface area contributed by atoms with Gasteiger partial charge in [0.1, 0.15) is 5.82 Å². The Labute approximate surface area is 157 Å². The van der Waals surface area contributed by atoms with Crippen LogP contribution in [0.5, 0.6) is 0 Å². The van der Waals surface area contributed by atoms with Crippen molar-refractivity contribution < 1.29 is 5.11 Å². The van der Waals surface area contributed by atoms with Crippen LogP contribution in [0.3, 0.4) is 0 Å². The van der Waals surface area contributed by atoms with Crippen molar-refractivity contribution in [1.29, 1.82) is 0 Å². The molecule has 3 aromatic carbocycles. The fourth-order valence-corrected chi connectivity index (χ4v) is 3.34. The van der Waals surface area contributed by atoms with E-state index in [1.807, 2.05) is 79.7 Å². The van der Waals surface area contributed by atoms with Crippen molar-refractivity contribution in [2.75, 3.05) is 0 Å². The van der Waals surface area contributed by atoms with E-state index in [0.29, 0.717) is 16.7 Å². The van der Waals surface area contributed by atoms with E-state index in [4.69, 9.17) is 4.98 Å². The third kappa shape index (κ3) is 3.27. The van der Waals surface area contributed by atoms with Gasteiger partial charge in [-0.2, -0.15) is 0 Å². The molecule has 27 heavy (non-hydrogen) atoms. The van der Waals surface area contributed by atoms with Crippen LogP contribution in [0.4, 0.5) is 0 Å². The minimum atomic E-state index is -0.741. The minimum Gasteiger partial charge on any atom is -0.388 e. The molecule has 0 fully saturated rings. The van der Waals surface area contributed by atoms with Crippen LogP contribution in [0.2, 0.25) is 0 Å². The summed E-state index contributed by atoms with van der Waals surface area (Å²) >= 11 is 0. The van der Waals surface area contributed by atoms with Crippen LogP contribution in [0, 0.1) is 6.92 Å². The lowest BCUT2D eigenvalue weighted by molar-refractivity contribution is 0.175. The average Bonchev–Trinajstić information content (AvgIpc) is 2.70. The van der Waals surface area contributed by atoms with Gasteiger partial charge in [-0.25, -0.2) is 4.98 Å². The zero-order valence-electron chi connectivity index (χ0n) is 15.0. The number of fused-ring (bicyclic) bond motifs is 1. The highest BCUT2D eigenvalue weighted by Gasteiger charge is 2.17. The molecule has 4 aromatic rings. The summed E-state index contributed by atoms with van der Waals surface area (Å²) < 4.78 is 1.63. The van der Waals surface area contributed by atoms with Crippen molar-refractivity contribution in [3.8, 4) is 5.69 Å². The van der Waals surface area contributed by atoms with Crippen LogP contribution in [-0.2, 0) is 6.42 Å². The fourth-order valence-electron chi connectivity index (χ4n) is 3.34. The molecule has 0 spiro atoms. The largest absolute Gasteiger partial charge is 0.388 e. The minimum absolute atomic E-state index is 0.120. The van der Waals surface area contributed by atoms with E-state index >= 15 is 0 Å². The Morgan fingerprint density at radius 2 is 1.59 bits per heavy atom. The van der Waals surface area contributed by atoms with Crippen molar-refractivity contribution in [2.45, 2.75) is 19.4 Å². The molecule has 4 heteroatoms. The van der Waals surface area contributed by atoms with Crippen LogP contribution in [0.15, 0.2) is 83.7 Å². The summed E-state index contributed by atoms with van der Waals surface area (Å²) in [7, 11) is 0. The smallest absolute Gasteiger partial charge is 0.265 e. The monoisotopic (exact) mass is 356 g/mol. The van der Waals surface area contributed by atoms with E-state index in [1.165, 1.54) is 0 Å². The van der Waals surface area contributed by atoms with Crippen LogP contribution in [0.25, 0.3) is 16.6 Å². The molecule has 4 rings (SSSR count). The van der Waals surface area contributed by atoms with E-state index in [9.17, 15) is 9.90 Å². The van der Waals surface area contributed by atoms with Gasteiger partial charge >= 0.3 is 0 Å². The first kappa shape index (κ1) is 17.2. The summed E-state index contributed by atoms with van der Waals surface area (Å²) in [5, 5.41) is 11.3. The van der Waals surface area contributed by atoms with E-state index in [-0.39, 0.29) is 12.0 Å². The SMILES string of the molecule is Cc1ccccc1-n1c(CC(O)c2ccccc2)nc2ccccc2c1=O. The lowest BCUT2D eigenvalue weighted by atomic mass is 10.1. The Kier molecular flexibility index (Phi) is 4.57. The van der Waals surface area contributed by atoms with Gasteiger partial charge in [0.2, 0.25) is 0 Å². The highest BCUT2D eigenvalue weighted by molar-refractivity contribution is 5.77. The van der Waals surface area contributed by atoms with Crippen molar-refractivity contribution >= 4 is 10.9 Å². The second kappa shape index (κ2) is 7.17. The van der Waals surface area contributed by atoms with Gasteiger partial charge in [0.15, 0.2) is 0 Å². The lowest BCUT2D eigenvalue weighted by Crippen LogP contribution is -2.25. The van der Waals surface area contributed by atoms with Crippen molar-refractivity contribution in [3.63, 3.8) is 0 Å². The quantitative estimate of drug-likeness (QED) is 0.602. The van der Waals surface area contributed by atoms with E-state index < -0.39 is 6.10 Å². The number of benzene rings is 3. The summed E-state index contributed by atoms with van der Waals surface area (Å²) in [4.78, 5) is 18.0. The summed E-state index contributed by atoms with van der Waals surface area (Å²) in [5.41, 5.74) is 3.09. The summed E-state index contributed by atoms with van der Waals surface area (Å²) in [5.74, 6) is 0.546. The molecule has 0 radical (unpaired) electrons. The molecular formula is C23H20N2O2. The maximum absolute atomic E-state index is 13.3. The number of para-hydroxylation sites is 2. The number of nitrogens with zero attached hydrogens (tertiary/aromatic N) is 2. The van der Waals surface area contributed by atoms with E-state index in [0.717, 1.165) is 16.8 Å². The molecule has 1 heterocycles. The molecule has 0 saturated carbocycles. The van der Waals surface area contributed by atoms with Gasteiger partial charge in [0.05, 0.1) is 22.7 Å². The third-order valence-corrected chi connectivity index (χ3v) is 4.76. The molecule has 0 aliphatic heterocycles. The predicted octanol–water partition coefficient (Wildman–Crippen LogP) is 3.97. The van der Waals surface area contributed by atoms with Crippen LogP contribution in [-0.4, -0.2) is 14.7 Å². The predicted molar refractivity (Wildman–Crippen MR) is 107 cm³/mol. The second-order valence-electron chi connectivity index (χ2n) is 6.60. The number of aliphatic hydroxyl groups excluding tert-OH is 1. The number of aromatic nitrogens is 2. The summed E-state index contributed by atoms with van der Waals surface area (Å²) in [6.45, 7) is 1.97. The van der Waals surface area contributed by atoms with Gasteiger partial charge in [-0.3, -0.25) is 9.36 Å².